The molecule has 1 saturated carbocycles. The highest BCUT2D eigenvalue weighted by molar-refractivity contribution is 5.95. The van der Waals surface area contributed by atoms with Gasteiger partial charge in [0, 0.05) is 12.7 Å². The molecule has 3 aromatic rings. The van der Waals surface area contributed by atoms with Crippen molar-refractivity contribution in [3.8, 4) is 11.5 Å². The van der Waals surface area contributed by atoms with Crippen LogP contribution in [0.5, 0.6) is 0 Å². The fraction of sp³-hybridized carbons (Fsp3) is 0.536. The maximum atomic E-state index is 15.3. The third-order valence-electron chi connectivity index (χ3n) is 8.23. The zero-order chi connectivity index (χ0) is 30.0. The number of hydrogen-bond acceptors (Lipinski definition) is 5. The van der Waals surface area contributed by atoms with Crippen molar-refractivity contribution in [3.05, 3.63) is 47.7 Å². The molecule has 14 heteroatoms. The summed E-state index contributed by atoms with van der Waals surface area (Å²) < 4.78 is 56.4. The molecule has 1 aliphatic carbocycles. The topological polar surface area (TPSA) is 121 Å². The summed E-state index contributed by atoms with van der Waals surface area (Å²) in [5.41, 5.74) is 0.942. The van der Waals surface area contributed by atoms with Gasteiger partial charge in [-0.3, -0.25) is 14.6 Å². The van der Waals surface area contributed by atoms with E-state index in [1.54, 1.807) is 16.9 Å². The molecule has 3 N–H and O–H groups in total. The van der Waals surface area contributed by atoms with Crippen LogP contribution in [0.3, 0.4) is 0 Å². The number of halogens is 4. The molecule has 1 unspecified atom stereocenters. The summed E-state index contributed by atoms with van der Waals surface area (Å²) in [5.74, 6) is -1.11. The van der Waals surface area contributed by atoms with Gasteiger partial charge < -0.3 is 15.5 Å². The zero-order valence-corrected chi connectivity index (χ0v) is 23.4. The molecule has 226 valence electrons. The third kappa shape index (κ3) is 6.12. The summed E-state index contributed by atoms with van der Waals surface area (Å²) in [7, 11) is 0. The number of rotatable bonds is 8. The molecule has 3 amide bonds. The Balaban J connectivity index is 1.36. The lowest BCUT2D eigenvalue weighted by molar-refractivity contribution is -0.150. The van der Waals surface area contributed by atoms with Crippen molar-refractivity contribution in [2.75, 3.05) is 11.9 Å². The van der Waals surface area contributed by atoms with E-state index in [4.69, 9.17) is 0 Å². The van der Waals surface area contributed by atoms with Crippen molar-refractivity contribution in [1.29, 1.82) is 0 Å². The van der Waals surface area contributed by atoms with E-state index in [-0.39, 0.29) is 11.6 Å². The average Bonchev–Trinajstić information content (AvgIpc) is 3.66. The Kier molecular flexibility index (Phi) is 8.50. The van der Waals surface area contributed by atoms with Gasteiger partial charge in [0.2, 0.25) is 5.91 Å². The summed E-state index contributed by atoms with van der Waals surface area (Å²) in [4.78, 5) is 31.6. The molecular formula is C28H34F4N8O2. The predicted octanol–water partition coefficient (Wildman–Crippen LogP) is 5.54. The van der Waals surface area contributed by atoms with E-state index in [0.29, 0.717) is 29.5 Å². The van der Waals surface area contributed by atoms with E-state index in [1.807, 2.05) is 12.2 Å². The number of H-pyrrole nitrogens is 1. The van der Waals surface area contributed by atoms with Crippen molar-refractivity contribution in [2.45, 2.75) is 83.1 Å². The molecule has 1 aromatic carbocycles. The fourth-order valence-corrected chi connectivity index (χ4v) is 5.87. The first-order chi connectivity index (χ1) is 20.1. The molecule has 10 nitrogen and oxygen atoms in total. The standard InChI is InChI=1S/C28H34F4N8O2/c1-3-40-21(12-13-33-40)24-36-25(38-37-24)23(17-8-6-4-5-7-9-17)26(41)34-20-11-10-18(14-19(20)29)16(2)39-15-22(28(30,31)32)35-27(39)42/h10-14,16-17,22-23H,3-9,15H2,1-2H3,(H,34,41)(H,35,42)(H,36,37,38)/t16-,22+,23?/m1/s1. The Morgan fingerprint density at radius 2 is 1.90 bits per heavy atom. The molecule has 0 spiro atoms. The summed E-state index contributed by atoms with van der Waals surface area (Å²) >= 11 is 0. The second-order valence-corrected chi connectivity index (χ2v) is 10.9. The summed E-state index contributed by atoms with van der Waals surface area (Å²) in [6.45, 7) is 3.52. The van der Waals surface area contributed by atoms with Crippen LogP contribution in [-0.4, -0.2) is 60.6 Å². The van der Waals surface area contributed by atoms with Crippen LogP contribution in [-0.2, 0) is 11.3 Å². The van der Waals surface area contributed by atoms with Gasteiger partial charge in [-0.05, 0) is 56.4 Å². The van der Waals surface area contributed by atoms with Gasteiger partial charge in [-0.15, -0.1) is 0 Å². The zero-order valence-electron chi connectivity index (χ0n) is 23.4. The Bertz CT molecular complexity index is 1410. The van der Waals surface area contributed by atoms with Crippen molar-refractivity contribution >= 4 is 17.6 Å². The monoisotopic (exact) mass is 590 g/mol. The van der Waals surface area contributed by atoms with Crippen LogP contribution in [0.1, 0.15) is 75.7 Å². The number of nitrogens with zero attached hydrogens (tertiary/aromatic N) is 5. The maximum absolute atomic E-state index is 15.3. The van der Waals surface area contributed by atoms with Gasteiger partial charge in [0.25, 0.3) is 0 Å². The number of anilines is 1. The first-order valence-corrected chi connectivity index (χ1v) is 14.3. The number of aromatic amines is 1. The molecule has 5 rings (SSSR count). The van der Waals surface area contributed by atoms with Crippen molar-refractivity contribution in [2.24, 2.45) is 5.92 Å². The van der Waals surface area contributed by atoms with Crippen LogP contribution in [0.25, 0.3) is 11.5 Å². The van der Waals surface area contributed by atoms with Gasteiger partial charge in [-0.2, -0.15) is 23.4 Å². The van der Waals surface area contributed by atoms with Crippen molar-refractivity contribution < 1.29 is 27.2 Å². The quantitative estimate of drug-likeness (QED) is 0.235. The second-order valence-electron chi connectivity index (χ2n) is 10.9. The van der Waals surface area contributed by atoms with E-state index in [1.165, 1.54) is 19.1 Å². The Morgan fingerprint density at radius 1 is 1.17 bits per heavy atom. The maximum Gasteiger partial charge on any atom is 0.410 e. The molecule has 0 bridgehead atoms. The van der Waals surface area contributed by atoms with E-state index in [9.17, 15) is 22.8 Å². The SMILES string of the molecule is CCn1nccc1-c1n[nH]c(C(C(=O)Nc2ccc([C@@H](C)N3C[C@@H](C(F)(F)F)NC3=O)cc2F)C2CCCCCC2)n1. The van der Waals surface area contributed by atoms with Gasteiger partial charge in [0.05, 0.1) is 18.3 Å². The van der Waals surface area contributed by atoms with Crippen molar-refractivity contribution in [1.82, 2.24) is 35.2 Å². The first-order valence-electron chi connectivity index (χ1n) is 14.3. The minimum Gasteiger partial charge on any atom is -0.324 e. The molecular weight excluding hydrogens is 556 g/mol. The smallest absolute Gasteiger partial charge is 0.324 e. The van der Waals surface area contributed by atoms with E-state index in [0.717, 1.165) is 49.5 Å². The van der Waals surface area contributed by atoms with Gasteiger partial charge in [0.15, 0.2) is 5.82 Å². The van der Waals surface area contributed by atoms with Gasteiger partial charge in [-0.25, -0.2) is 14.2 Å². The molecule has 1 saturated heterocycles. The van der Waals surface area contributed by atoms with Crippen LogP contribution >= 0.6 is 0 Å². The van der Waals surface area contributed by atoms with Crippen LogP contribution in [0.2, 0.25) is 0 Å². The molecule has 2 aromatic heterocycles. The Morgan fingerprint density at radius 3 is 2.55 bits per heavy atom. The van der Waals surface area contributed by atoms with E-state index < -0.39 is 48.5 Å². The molecule has 3 heterocycles. The molecule has 1 aliphatic heterocycles. The van der Waals surface area contributed by atoms with Crippen LogP contribution < -0.4 is 10.6 Å². The minimum atomic E-state index is -4.58. The largest absolute Gasteiger partial charge is 0.410 e. The Labute approximate surface area is 240 Å². The number of benzene rings is 1. The molecule has 3 atom stereocenters. The fourth-order valence-electron chi connectivity index (χ4n) is 5.87. The normalized spacial score (nSPS) is 19.8. The molecule has 2 aliphatic rings. The number of urea groups is 1. The van der Waals surface area contributed by atoms with Crippen LogP contribution in [0, 0.1) is 11.7 Å². The van der Waals surface area contributed by atoms with Gasteiger partial charge in [-0.1, -0.05) is 31.7 Å². The number of amides is 3. The lowest BCUT2D eigenvalue weighted by Crippen LogP contribution is -2.40. The van der Waals surface area contributed by atoms with Crippen LogP contribution in [0.15, 0.2) is 30.5 Å². The lowest BCUT2D eigenvalue weighted by atomic mass is 9.84. The molecule has 42 heavy (non-hydrogen) atoms. The van der Waals surface area contributed by atoms with Gasteiger partial charge in [0.1, 0.15) is 29.3 Å². The summed E-state index contributed by atoms with van der Waals surface area (Å²) in [6, 6.07) is 2.11. The second kappa shape index (κ2) is 12.1. The number of aryl methyl sites for hydroxylation is 1. The highest BCUT2D eigenvalue weighted by Crippen LogP contribution is 2.36. The molecule has 0 radical (unpaired) electrons. The Hall–Kier alpha value is -3.97. The number of alkyl halides is 3. The van der Waals surface area contributed by atoms with Gasteiger partial charge >= 0.3 is 12.2 Å². The third-order valence-corrected chi connectivity index (χ3v) is 8.23. The first kappa shape index (κ1) is 29.5. The lowest BCUT2D eigenvalue weighted by Gasteiger charge is -2.25. The average molecular weight is 591 g/mol. The number of nitrogens with one attached hydrogen (secondary N) is 3. The molecule has 2 fully saturated rings. The van der Waals surface area contributed by atoms with Crippen LogP contribution in [0.4, 0.5) is 28.0 Å². The minimum absolute atomic E-state index is 0.0259. The number of aromatic nitrogens is 5. The summed E-state index contributed by atoms with van der Waals surface area (Å²) in [5, 5.41) is 16.2. The highest BCUT2D eigenvalue weighted by atomic mass is 19.4. The van der Waals surface area contributed by atoms with E-state index in [2.05, 4.69) is 25.6 Å². The number of carbonyl (C=O) groups excluding carboxylic acids is 2. The number of carbonyl (C=O) groups is 2. The van der Waals surface area contributed by atoms with E-state index >= 15 is 4.39 Å². The summed E-state index contributed by atoms with van der Waals surface area (Å²) in [6.07, 6.45) is 2.80. The highest BCUT2D eigenvalue weighted by Gasteiger charge is 2.48. The number of hydrogen-bond donors (Lipinski definition) is 3. The predicted molar refractivity (Wildman–Crippen MR) is 146 cm³/mol. The van der Waals surface area contributed by atoms with Crippen molar-refractivity contribution in [3.63, 3.8) is 0 Å².